The molecular formula is C13H23Na. The van der Waals surface area contributed by atoms with Crippen molar-refractivity contribution in [2.75, 3.05) is 0 Å². The molecule has 14 heavy (non-hydrogen) atoms. The summed E-state index contributed by atoms with van der Waals surface area (Å²) in [5.41, 5.74) is 1.63. The third-order valence-electron chi connectivity index (χ3n) is 2.70. The second-order valence-corrected chi connectivity index (χ2v) is 3.97. The Morgan fingerprint density at radius 1 is 1.07 bits per heavy atom. The fraction of sp³-hybridized carbons (Fsp3) is 0.692. The minimum absolute atomic E-state index is 0. The van der Waals surface area contributed by atoms with Crippen molar-refractivity contribution in [1.29, 1.82) is 0 Å². The van der Waals surface area contributed by atoms with Crippen LogP contribution in [0.4, 0.5) is 0 Å². The van der Waals surface area contributed by atoms with E-state index < -0.39 is 0 Å². The summed E-state index contributed by atoms with van der Waals surface area (Å²) < 4.78 is 0. The zero-order chi connectivity index (χ0) is 9.36. The molecule has 0 fully saturated rings. The summed E-state index contributed by atoms with van der Waals surface area (Å²) in [4.78, 5) is 0. The van der Waals surface area contributed by atoms with Crippen molar-refractivity contribution in [3.05, 3.63) is 23.8 Å². The van der Waals surface area contributed by atoms with E-state index in [2.05, 4.69) is 25.2 Å². The van der Waals surface area contributed by atoms with Crippen LogP contribution in [0.25, 0.3) is 0 Å². The van der Waals surface area contributed by atoms with E-state index in [1.807, 2.05) is 0 Å². The van der Waals surface area contributed by atoms with Gasteiger partial charge in [0.15, 0.2) is 0 Å². The van der Waals surface area contributed by atoms with Crippen LogP contribution in [-0.4, -0.2) is 29.6 Å². The van der Waals surface area contributed by atoms with Crippen LogP contribution < -0.4 is 0 Å². The molecule has 0 aromatic heterocycles. The molecule has 0 heterocycles. The Labute approximate surface area is 111 Å². The van der Waals surface area contributed by atoms with Gasteiger partial charge in [-0.05, 0) is 19.3 Å². The molecule has 0 aromatic carbocycles. The summed E-state index contributed by atoms with van der Waals surface area (Å²) in [5.74, 6) is 0. The van der Waals surface area contributed by atoms with Gasteiger partial charge in [-0.1, -0.05) is 62.8 Å². The Balaban J connectivity index is 0.00000169. The first-order chi connectivity index (χ1) is 6.43. The van der Waals surface area contributed by atoms with E-state index in [0.717, 1.165) is 0 Å². The monoisotopic (exact) mass is 202 g/mol. The Kier molecular flexibility index (Phi) is 10.4. The van der Waals surface area contributed by atoms with Crippen LogP contribution in [0, 0.1) is 0 Å². The molecular weight excluding hydrogens is 179 g/mol. The molecule has 1 aliphatic carbocycles. The van der Waals surface area contributed by atoms with Crippen molar-refractivity contribution in [3.8, 4) is 0 Å². The van der Waals surface area contributed by atoms with Crippen LogP contribution in [-0.2, 0) is 0 Å². The number of rotatable bonds is 7. The van der Waals surface area contributed by atoms with Gasteiger partial charge in [0.1, 0.15) is 0 Å². The average molecular weight is 202 g/mol. The van der Waals surface area contributed by atoms with Crippen molar-refractivity contribution in [1.82, 2.24) is 0 Å². The molecule has 0 spiro atoms. The zero-order valence-corrected chi connectivity index (χ0v) is 8.89. The number of hydrogen-bond donors (Lipinski definition) is 0. The molecule has 1 rings (SSSR count). The normalized spacial score (nSPS) is 13.9. The second kappa shape index (κ2) is 10.0. The molecule has 0 nitrogen and oxygen atoms in total. The van der Waals surface area contributed by atoms with Gasteiger partial charge < -0.3 is 0 Å². The third-order valence-corrected chi connectivity index (χ3v) is 2.70. The fourth-order valence-electron chi connectivity index (χ4n) is 1.81. The Morgan fingerprint density at radius 2 is 1.79 bits per heavy atom. The summed E-state index contributed by atoms with van der Waals surface area (Å²) >= 11 is 0. The van der Waals surface area contributed by atoms with E-state index in [1.54, 1.807) is 5.57 Å². The predicted molar refractivity (Wildman–Crippen MR) is 67.0 cm³/mol. The summed E-state index contributed by atoms with van der Waals surface area (Å²) in [6.45, 7) is 2.27. The molecule has 0 saturated heterocycles. The average Bonchev–Trinajstić information content (AvgIpc) is 2.63. The molecule has 0 aromatic rings. The van der Waals surface area contributed by atoms with Gasteiger partial charge >= 0.3 is 29.6 Å². The maximum absolute atomic E-state index is 2.28. The minimum atomic E-state index is 0. The molecule has 0 amide bonds. The summed E-state index contributed by atoms with van der Waals surface area (Å²) in [7, 11) is 0. The molecule has 0 N–H and O–H groups in total. The van der Waals surface area contributed by atoms with Gasteiger partial charge in [0.25, 0.3) is 0 Å². The van der Waals surface area contributed by atoms with E-state index >= 15 is 0 Å². The first-order valence-electron chi connectivity index (χ1n) is 5.78. The number of allylic oxidation sites excluding steroid dienone is 4. The van der Waals surface area contributed by atoms with E-state index in [1.165, 1.54) is 51.4 Å². The Morgan fingerprint density at radius 3 is 2.43 bits per heavy atom. The van der Waals surface area contributed by atoms with Gasteiger partial charge in [-0.25, -0.2) is 0 Å². The molecule has 0 saturated carbocycles. The van der Waals surface area contributed by atoms with Crippen LogP contribution in [0.3, 0.4) is 0 Å². The van der Waals surface area contributed by atoms with Crippen molar-refractivity contribution in [3.63, 3.8) is 0 Å². The topological polar surface area (TPSA) is 0 Å². The van der Waals surface area contributed by atoms with Crippen molar-refractivity contribution < 1.29 is 0 Å². The molecule has 76 valence electrons. The van der Waals surface area contributed by atoms with Crippen LogP contribution in [0.15, 0.2) is 23.8 Å². The van der Waals surface area contributed by atoms with Gasteiger partial charge in [-0.2, -0.15) is 0 Å². The summed E-state index contributed by atoms with van der Waals surface area (Å²) in [6.07, 6.45) is 17.8. The quantitative estimate of drug-likeness (QED) is 0.433. The van der Waals surface area contributed by atoms with Gasteiger partial charge in [-0.15, -0.1) is 0 Å². The maximum atomic E-state index is 2.28. The van der Waals surface area contributed by atoms with Gasteiger partial charge in [0, 0.05) is 0 Å². The second-order valence-electron chi connectivity index (χ2n) is 3.97. The molecule has 0 unspecified atom stereocenters. The van der Waals surface area contributed by atoms with Crippen molar-refractivity contribution >= 4 is 29.6 Å². The molecule has 0 atom stereocenters. The first kappa shape index (κ1) is 14.5. The van der Waals surface area contributed by atoms with Crippen LogP contribution >= 0.6 is 0 Å². The molecule has 1 heteroatoms. The van der Waals surface area contributed by atoms with Gasteiger partial charge in [-0.3, -0.25) is 0 Å². The number of hydrogen-bond acceptors (Lipinski definition) is 0. The molecule has 0 radical (unpaired) electrons. The third kappa shape index (κ3) is 6.86. The van der Waals surface area contributed by atoms with Gasteiger partial charge in [0.05, 0.1) is 0 Å². The summed E-state index contributed by atoms with van der Waals surface area (Å²) in [6, 6.07) is 0. The number of unbranched alkanes of at least 4 members (excludes halogenated alkanes) is 5. The Hall–Kier alpha value is 0.480. The van der Waals surface area contributed by atoms with E-state index in [4.69, 9.17) is 0 Å². The van der Waals surface area contributed by atoms with Crippen LogP contribution in [0.2, 0.25) is 0 Å². The predicted octanol–water partition coefficient (Wildman–Crippen LogP) is 3.97. The van der Waals surface area contributed by atoms with Crippen LogP contribution in [0.5, 0.6) is 0 Å². The van der Waals surface area contributed by atoms with Gasteiger partial charge in [0.2, 0.25) is 0 Å². The molecule has 0 bridgehead atoms. The van der Waals surface area contributed by atoms with E-state index in [0.29, 0.717) is 0 Å². The van der Waals surface area contributed by atoms with Crippen LogP contribution in [0.1, 0.15) is 58.3 Å². The van der Waals surface area contributed by atoms with E-state index in [-0.39, 0.29) is 29.6 Å². The molecule has 0 aliphatic heterocycles. The fourth-order valence-corrected chi connectivity index (χ4v) is 1.81. The first-order valence-corrected chi connectivity index (χ1v) is 5.78. The Bertz CT molecular complexity index is 180. The molecule has 1 aliphatic rings. The van der Waals surface area contributed by atoms with Crippen molar-refractivity contribution in [2.45, 2.75) is 58.3 Å². The zero-order valence-electron chi connectivity index (χ0n) is 8.89. The standard InChI is InChI=1S/C13H22.Na.H/c1-2-3-4-5-6-7-10-13-11-8-9-12-13;;/h8-9,11H,2-7,10,12H2,1H3;;. The summed E-state index contributed by atoms with van der Waals surface area (Å²) in [5, 5.41) is 0. The van der Waals surface area contributed by atoms with E-state index in [9.17, 15) is 0 Å². The SMILES string of the molecule is CCCCCCCCC1=CC=CC1.[NaH]. The van der Waals surface area contributed by atoms with Crippen molar-refractivity contribution in [2.24, 2.45) is 0 Å².